The first-order valence-electron chi connectivity index (χ1n) is 8.47. The highest BCUT2D eigenvalue weighted by Crippen LogP contribution is 2.64. The van der Waals surface area contributed by atoms with Gasteiger partial charge in [0.25, 0.3) is 0 Å². The molecule has 108 valence electrons. The summed E-state index contributed by atoms with van der Waals surface area (Å²) in [5, 5.41) is 0. The van der Waals surface area contributed by atoms with E-state index in [-0.39, 0.29) is 0 Å². The van der Waals surface area contributed by atoms with Gasteiger partial charge in [-0.1, -0.05) is 44.1 Å². The molecule has 0 heterocycles. The fraction of sp³-hybridized carbons (Fsp3) is 0.737. The Bertz CT molecular complexity index is 514. The van der Waals surface area contributed by atoms with Crippen LogP contribution < -0.4 is 0 Å². The Morgan fingerprint density at radius 1 is 1.10 bits per heavy atom. The first-order chi connectivity index (χ1) is 9.53. The normalized spacial score (nSPS) is 50.2. The van der Waals surface area contributed by atoms with Crippen LogP contribution in [0.5, 0.6) is 0 Å². The summed E-state index contributed by atoms with van der Waals surface area (Å²) < 4.78 is 0. The van der Waals surface area contributed by atoms with Gasteiger partial charge in [-0.3, -0.25) is 0 Å². The van der Waals surface area contributed by atoms with E-state index in [0.29, 0.717) is 10.8 Å². The van der Waals surface area contributed by atoms with Crippen LogP contribution in [0.2, 0.25) is 0 Å². The lowest BCUT2D eigenvalue weighted by Gasteiger charge is -2.56. The van der Waals surface area contributed by atoms with E-state index in [4.69, 9.17) is 12.2 Å². The van der Waals surface area contributed by atoms with Crippen molar-refractivity contribution < 1.29 is 0 Å². The Hall–Kier alpha value is -0.430. The molecule has 0 amide bonds. The van der Waals surface area contributed by atoms with Gasteiger partial charge in [0.05, 0.1) is 0 Å². The molecule has 3 fully saturated rings. The number of rotatable bonds is 0. The molecule has 0 bridgehead atoms. The van der Waals surface area contributed by atoms with Gasteiger partial charge in [-0.25, -0.2) is 0 Å². The van der Waals surface area contributed by atoms with E-state index in [9.17, 15) is 0 Å². The third kappa shape index (κ3) is 1.68. The zero-order valence-electron chi connectivity index (χ0n) is 12.8. The molecule has 20 heavy (non-hydrogen) atoms. The number of hydrogen-bond acceptors (Lipinski definition) is 1. The third-order valence-corrected chi connectivity index (χ3v) is 7.59. The third-order valence-electron chi connectivity index (χ3n) is 7.34. The van der Waals surface area contributed by atoms with Crippen LogP contribution in [-0.2, 0) is 0 Å². The van der Waals surface area contributed by atoms with Gasteiger partial charge in [0, 0.05) is 10.3 Å². The molecule has 0 aromatic rings. The van der Waals surface area contributed by atoms with Crippen LogP contribution in [0.3, 0.4) is 0 Å². The van der Waals surface area contributed by atoms with Gasteiger partial charge in [0.15, 0.2) is 0 Å². The van der Waals surface area contributed by atoms with E-state index < -0.39 is 0 Å². The molecular weight excluding hydrogens is 260 g/mol. The predicted molar refractivity (Wildman–Crippen MR) is 88.8 cm³/mol. The van der Waals surface area contributed by atoms with Gasteiger partial charge in [0.1, 0.15) is 0 Å². The topological polar surface area (TPSA) is 0 Å². The molecule has 0 spiro atoms. The summed E-state index contributed by atoms with van der Waals surface area (Å²) in [4.78, 5) is 1.04. The molecule has 0 nitrogen and oxygen atoms in total. The number of allylic oxidation sites excluding steroid dienone is 4. The second-order valence-electron chi connectivity index (χ2n) is 8.19. The second-order valence-corrected chi connectivity index (χ2v) is 8.66. The number of thiocarbonyl (C=S) groups is 1. The summed E-state index contributed by atoms with van der Waals surface area (Å²) in [6.45, 7) is 5.08. The molecule has 4 aliphatic rings. The molecule has 0 N–H and O–H groups in total. The Balaban J connectivity index is 1.71. The van der Waals surface area contributed by atoms with Gasteiger partial charge in [-0.15, -0.1) is 0 Å². The smallest absolute Gasteiger partial charge is 0.0374 e. The zero-order valence-corrected chi connectivity index (χ0v) is 13.6. The second kappa shape index (κ2) is 4.29. The van der Waals surface area contributed by atoms with Crippen molar-refractivity contribution in [2.24, 2.45) is 28.6 Å². The molecule has 0 aromatic carbocycles. The van der Waals surface area contributed by atoms with Gasteiger partial charge >= 0.3 is 0 Å². The molecule has 5 atom stereocenters. The summed E-state index contributed by atoms with van der Waals surface area (Å²) in [6.07, 6.45) is 17.0. The Morgan fingerprint density at radius 3 is 2.80 bits per heavy atom. The maximum Gasteiger partial charge on any atom is 0.0374 e. The van der Waals surface area contributed by atoms with Crippen LogP contribution in [0, 0.1) is 28.6 Å². The molecular formula is C19H26S. The van der Waals surface area contributed by atoms with E-state index >= 15 is 0 Å². The van der Waals surface area contributed by atoms with Crippen LogP contribution in [0.1, 0.15) is 58.8 Å². The Labute approximate surface area is 128 Å². The minimum absolute atomic E-state index is 0.315. The van der Waals surface area contributed by atoms with E-state index in [2.05, 4.69) is 32.1 Å². The molecule has 4 rings (SSSR count). The molecule has 4 aliphatic carbocycles. The van der Waals surface area contributed by atoms with Crippen molar-refractivity contribution >= 4 is 17.1 Å². The molecule has 0 aliphatic heterocycles. The van der Waals surface area contributed by atoms with Gasteiger partial charge < -0.3 is 0 Å². The highest BCUT2D eigenvalue weighted by atomic mass is 32.1. The van der Waals surface area contributed by atoms with Gasteiger partial charge in [-0.2, -0.15) is 0 Å². The maximum atomic E-state index is 5.40. The van der Waals surface area contributed by atoms with Crippen LogP contribution in [0.25, 0.3) is 0 Å². The van der Waals surface area contributed by atoms with E-state index in [1.54, 1.807) is 5.57 Å². The summed E-state index contributed by atoms with van der Waals surface area (Å²) in [5.41, 5.74) is 2.62. The quantitative estimate of drug-likeness (QED) is 0.531. The fourth-order valence-corrected chi connectivity index (χ4v) is 6.40. The minimum Gasteiger partial charge on any atom is -0.0801 e. The van der Waals surface area contributed by atoms with Crippen LogP contribution in [0.4, 0.5) is 0 Å². The number of hydrogen-bond donors (Lipinski definition) is 0. The molecule has 3 saturated carbocycles. The SMILES string of the molecule is C[C@@]12CCC[C@H]1[C@@H]1CCC3=CC(=S)C=C[C@]3(C)[C@H]1CC2. The summed E-state index contributed by atoms with van der Waals surface area (Å²) in [5.74, 6) is 2.84. The molecule has 0 radical (unpaired) electrons. The highest BCUT2D eigenvalue weighted by molar-refractivity contribution is 7.81. The van der Waals surface area contributed by atoms with Crippen molar-refractivity contribution in [2.75, 3.05) is 0 Å². The zero-order chi connectivity index (χ0) is 14.0. The van der Waals surface area contributed by atoms with Crippen molar-refractivity contribution in [3.8, 4) is 0 Å². The van der Waals surface area contributed by atoms with Crippen LogP contribution in [-0.4, -0.2) is 4.86 Å². The molecule has 0 aromatic heterocycles. The summed E-state index contributed by atoms with van der Waals surface area (Å²) in [6, 6.07) is 0. The van der Waals surface area contributed by atoms with E-state index in [1.807, 2.05) is 0 Å². The fourth-order valence-electron chi connectivity index (χ4n) is 6.19. The van der Waals surface area contributed by atoms with Gasteiger partial charge in [-0.05, 0) is 73.8 Å². The average Bonchev–Trinajstić information content (AvgIpc) is 2.81. The molecule has 0 saturated heterocycles. The first-order valence-corrected chi connectivity index (χ1v) is 8.88. The minimum atomic E-state index is 0.315. The Morgan fingerprint density at radius 2 is 1.95 bits per heavy atom. The monoisotopic (exact) mass is 286 g/mol. The largest absolute Gasteiger partial charge is 0.0801 e. The number of fused-ring (bicyclic) bond motifs is 5. The Kier molecular flexibility index (Phi) is 2.84. The summed E-state index contributed by atoms with van der Waals surface area (Å²) in [7, 11) is 0. The van der Waals surface area contributed by atoms with Crippen molar-refractivity contribution in [3.05, 3.63) is 23.8 Å². The summed E-state index contributed by atoms with van der Waals surface area (Å²) >= 11 is 5.40. The van der Waals surface area contributed by atoms with Crippen molar-refractivity contribution in [1.82, 2.24) is 0 Å². The average molecular weight is 286 g/mol. The predicted octanol–water partition coefficient (Wildman–Crippen LogP) is 5.49. The van der Waals surface area contributed by atoms with E-state index in [1.165, 1.54) is 44.9 Å². The van der Waals surface area contributed by atoms with Crippen LogP contribution >= 0.6 is 12.2 Å². The lowest BCUT2D eigenvalue weighted by molar-refractivity contribution is -0.0148. The van der Waals surface area contributed by atoms with Gasteiger partial charge in [0.2, 0.25) is 0 Å². The standard InChI is InChI=1S/C19H26S/c1-18-9-3-4-16(18)15-6-5-13-12-14(20)7-11-19(13,2)17(15)8-10-18/h7,11-12,15-17H,3-6,8-10H2,1-2H3/t15-,16-,17-,18-,19-/m0/s1. The lowest BCUT2D eigenvalue weighted by Crippen LogP contribution is -2.48. The maximum absolute atomic E-state index is 5.40. The van der Waals surface area contributed by atoms with E-state index in [0.717, 1.165) is 22.6 Å². The highest BCUT2D eigenvalue weighted by Gasteiger charge is 2.55. The van der Waals surface area contributed by atoms with Crippen LogP contribution in [0.15, 0.2) is 23.8 Å². The van der Waals surface area contributed by atoms with Crippen molar-refractivity contribution in [2.45, 2.75) is 58.8 Å². The molecule has 0 unspecified atom stereocenters. The lowest BCUT2D eigenvalue weighted by atomic mass is 9.48. The van der Waals surface area contributed by atoms with Crippen molar-refractivity contribution in [3.63, 3.8) is 0 Å². The first kappa shape index (κ1) is 13.2. The molecule has 1 heteroatoms. The van der Waals surface area contributed by atoms with Crippen molar-refractivity contribution in [1.29, 1.82) is 0 Å².